The smallest absolute Gasteiger partial charge is 0.408 e. The van der Waals surface area contributed by atoms with Crippen LogP contribution in [0.4, 0.5) is 9.18 Å². The number of ether oxygens (including phenoxy) is 5. The van der Waals surface area contributed by atoms with Gasteiger partial charge < -0.3 is 43.5 Å². The molecular weight excluding hydrogens is 752 g/mol. The number of amides is 1. The van der Waals surface area contributed by atoms with Crippen molar-refractivity contribution in [2.45, 2.75) is 134 Å². The van der Waals surface area contributed by atoms with Crippen molar-refractivity contribution in [2.75, 3.05) is 20.7 Å². The van der Waals surface area contributed by atoms with Gasteiger partial charge in [0.15, 0.2) is 17.7 Å². The number of ketones is 2. The number of nitrogens with zero attached hydrogens (tertiary/aromatic N) is 3. The maximum atomic E-state index is 16.8. The fourth-order valence-electron chi connectivity index (χ4n) is 8.24. The zero-order chi connectivity index (χ0) is 41.3. The number of nitrogens with one attached hydrogen (secondary N) is 1. The molecule has 0 aromatic carbocycles. The monoisotopic (exact) mass is 804 g/mol. The maximum Gasteiger partial charge on any atom is 0.408 e. The fraction of sp³-hybridized carbons (Fsp3) is 0.692. The highest BCUT2D eigenvalue weighted by atomic mass is 32.1. The van der Waals surface area contributed by atoms with Crippen molar-refractivity contribution in [3.05, 3.63) is 23.4 Å². The van der Waals surface area contributed by atoms with Crippen LogP contribution in [0.25, 0.3) is 10.7 Å². The molecule has 0 spiro atoms. The highest BCUT2D eigenvalue weighted by Gasteiger charge is 2.59. The number of halogens is 1. The van der Waals surface area contributed by atoms with Crippen LogP contribution in [0.15, 0.2) is 22.2 Å². The zero-order valence-electron chi connectivity index (χ0n) is 33.5. The minimum atomic E-state index is -3.22. The van der Waals surface area contributed by atoms with Gasteiger partial charge in [0.1, 0.15) is 35.3 Å². The van der Waals surface area contributed by atoms with Crippen molar-refractivity contribution in [2.24, 2.45) is 17.8 Å². The van der Waals surface area contributed by atoms with Gasteiger partial charge in [0, 0.05) is 41.4 Å². The molecule has 3 aliphatic heterocycles. The van der Waals surface area contributed by atoms with Gasteiger partial charge in [0.2, 0.25) is 5.76 Å². The number of fused-ring (bicyclic) bond motifs is 1. The molecule has 0 saturated carbocycles. The van der Waals surface area contributed by atoms with Crippen LogP contribution < -0.4 is 5.32 Å². The number of carbonyl (C=O) groups is 4. The van der Waals surface area contributed by atoms with Crippen molar-refractivity contribution in [3.63, 3.8) is 0 Å². The van der Waals surface area contributed by atoms with E-state index in [0.29, 0.717) is 17.1 Å². The lowest BCUT2D eigenvalue weighted by Gasteiger charge is -2.47. The van der Waals surface area contributed by atoms with Crippen LogP contribution in [-0.2, 0) is 38.1 Å². The van der Waals surface area contributed by atoms with E-state index in [0.717, 1.165) is 6.92 Å². The molecule has 13 atom stereocenters. The van der Waals surface area contributed by atoms with Crippen molar-refractivity contribution >= 4 is 35.0 Å². The third-order valence-electron chi connectivity index (χ3n) is 11.3. The van der Waals surface area contributed by atoms with E-state index in [9.17, 15) is 24.3 Å². The number of likely N-dealkylation sites (N-methyl/N-ethyl adjacent to an activating group) is 1. The van der Waals surface area contributed by atoms with Gasteiger partial charge in [-0.25, -0.2) is 19.0 Å². The summed E-state index contributed by atoms with van der Waals surface area (Å²) in [4.78, 5) is 61.2. The standard InChI is InChI=1S/C39H53FN4O11S/c1-11-27-39(8)30(42-36(49)54-39)22(4)28(45)20(2)19-37(6,50-15-12-13-24-18-25(43-55-24)33-41-14-16-56-33)32(23(5)31(47)38(7,40)35(48)52-27)53-34-29(46)26(44(9)10)17-21(3)51-34/h14,16,18,20-23,26-27,29-30,32,34,46H,11,15,17,19H2,1-10H3,(H,42,49)/t20-,21-,22+,23+,26+,27-,29-,30-,32-,34+,37+,38+,39-/m1/s1. The molecular formula is C39H53FN4O11S. The Morgan fingerprint density at radius 1 is 1.12 bits per heavy atom. The number of esters is 1. The van der Waals surface area contributed by atoms with Crippen molar-refractivity contribution in [1.29, 1.82) is 0 Å². The number of hydrogen-bond donors (Lipinski definition) is 2. The van der Waals surface area contributed by atoms with E-state index < -0.39 is 89.2 Å². The number of hydrogen-bond acceptors (Lipinski definition) is 15. The van der Waals surface area contributed by atoms with E-state index in [-0.39, 0.29) is 37.1 Å². The van der Waals surface area contributed by atoms with Gasteiger partial charge in [-0.2, -0.15) is 0 Å². The Hall–Kier alpha value is -3.79. The lowest BCUT2D eigenvalue weighted by molar-refractivity contribution is -0.296. The first-order chi connectivity index (χ1) is 26.2. The predicted molar refractivity (Wildman–Crippen MR) is 200 cm³/mol. The Labute approximate surface area is 330 Å². The summed E-state index contributed by atoms with van der Waals surface area (Å²) in [6, 6.07) is 0.231. The molecule has 15 nitrogen and oxygen atoms in total. The molecule has 3 fully saturated rings. The van der Waals surface area contributed by atoms with Gasteiger partial charge in [-0.05, 0) is 67.0 Å². The largest absolute Gasteiger partial charge is 0.455 e. The molecule has 5 heterocycles. The van der Waals surface area contributed by atoms with E-state index in [1.165, 1.54) is 25.2 Å². The van der Waals surface area contributed by atoms with E-state index in [2.05, 4.69) is 27.3 Å². The first-order valence-corrected chi connectivity index (χ1v) is 19.7. The summed E-state index contributed by atoms with van der Waals surface area (Å²) in [6.45, 7) is 11.8. The van der Waals surface area contributed by atoms with Crippen LogP contribution in [-0.4, -0.2) is 124 Å². The number of alkyl carbamates (subject to hydrolysis) is 1. The van der Waals surface area contributed by atoms with E-state index in [4.69, 9.17) is 28.2 Å². The number of aromatic nitrogens is 2. The highest BCUT2D eigenvalue weighted by molar-refractivity contribution is 7.13. The summed E-state index contributed by atoms with van der Waals surface area (Å²) >= 11 is 1.38. The molecule has 17 heteroatoms. The summed E-state index contributed by atoms with van der Waals surface area (Å²) in [5, 5.41) is 20.7. The number of carbonyl (C=O) groups excluding carboxylic acids is 4. The number of rotatable bonds is 7. The van der Waals surface area contributed by atoms with Gasteiger partial charge in [0.05, 0.1) is 23.9 Å². The molecule has 0 radical (unpaired) electrons. The molecule has 0 unspecified atom stereocenters. The summed E-state index contributed by atoms with van der Waals surface area (Å²) in [7, 11) is 3.61. The van der Waals surface area contributed by atoms with Crippen molar-refractivity contribution in [1.82, 2.24) is 20.4 Å². The van der Waals surface area contributed by atoms with E-state index in [1.54, 1.807) is 59.4 Å². The van der Waals surface area contributed by atoms with Crippen LogP contribution in [0.1, 0.15) is 80.4 Å². The Bertz CT molecular complexity index is 1810. The van der Waals surface area contributed by atoms with Crippen molar-refractivity contribution < 1.29 is 56.9 Å². The lowest BCUT2D eigenvalue weighted by atomic mass is 9.73. The predicted octanol–water partition coefficient (Wildman–Crippen LogP) is 4.10. The maximum absolute atomic E-state index is 16.8. The van der Waals surface area contributed by atoms with Crippen LogP contribution in [0.2, 0.25) is 0 Å². The third kappa shape index (κ3) is 8.70. The Kier molecular flexibility index (Phi) is 13.1. The Morgan fingerprint density at radius 3 is 2.48 bits per heavy atom. The average Bonchev–Trinajstić information content (AvgIpc) is 3.91. The average molecular weight is 805 g/mol. The number of thiazole rings is 1. The molecule has 2 aromatic heterocycles. The van der Waals surface area contributed by atoms with Crippen LogP contribution in [0, 0.1) is 29.6 Å². The van der Waals surface area contributed by atoms with Crippen LogP contribution in [0.5, 0.6) is 0 Å². The lowest BCUT2D eigenvalue weighted by Crippen LogP contribution is -2.61. The third-order valence-corrected chi connectivity index (χ3v) is 12.1. The SMILES string of the molecule is CC[C@H]1OC(=O)[C@@](C)(F)C(=O)[C@H](C)[C@@H](O[C@@H]2O[C@H](C)C[C@H](N(C)C)[C@H]2O)[C@@](C)(OCC#Cc2cc(-c3nccs3)no2)C[C@@H](C)C(=O)[C@H](C)[C@H]2NC(=O)O[C@@]21C. The fourth-order valence-corrected chi connectivity index (χ4v) is 8.83. The van der Waals surface area contributed by atoms with Crippen molar-refractivity contribution in [3.8, 4) is 22.5 Å². The number of aliphatic hydroxyl groups excluding tert-OH is 1. The molecule has 5 rings (SSSR count). The van der Waals surface area contributed by atoms with E-state index in [1.807, 2.05) is 11.8 Å². The van der Waals surface area contributed by atoms with Gasteiger partial charge in [-0.15, -0.1) is 11.3 Å². The molecule has 2 N–H and O–H groups in total. The van der Waals surface area contributed by atoms with Gasteiger partial charge in [-0.3, -0.25) is 9.59 Å². The molecule has 0 bridgehead atoms. The van der Waals surface area contributed by atoms with Gasteiger partial charge >= 0.3 is 12.1 Å². The molecule has 56 heavy (non-hydrogen) atoms. The molecule has 2 aromatic rings. The number of alkyl halides is 1. The quantitative estimate of drug-likeness (QED) is 0.231. The summed E-state index contributed by atoms with van der Waals surface area (Å²) in [5.41, 5.74) is -5.93. The summed E-state index contributed by atoms with van der Waals surface area (Å²) < 4.78 is 52.7. The molecule has 308 valence electrons. The van der Waals surface area contributed by atoms with E-state index >= 15 is 4.39 Å². The summed E-state index contributed by atoms with van der Waals surface area (Å²) in [5.74, 6) is -0.184. The molecule has 0 aliphatic carbocycles. The Morgan fingerprint density at radius 2 is 1.84 bits per heavy atom. The number of Topliss-reactive ketones (excluding diaryl/α,β-unsaturated/α-hetero) is 2. The van der Waals surface area contributed by atoms with Crippen LogP contribution in [0.3, 0.4) is 0 Å². The minimum Gasteiger partial charge on any atom is -0.455 e. The van der Waals surface area contributed by atoms with Gasteiger partial charge in [0.25, 0.3) is 5.67 Å². The minimum absolute atomic E-state index is 0.0745. The second-order valence-electron chi connectivity index (χ2n) is 15.9. The first-order valence-electron chi connectivity index (χ1n) is 18.9. The van der Waals surface area contributed by atoms with Crippen LogP contribution >= 0.6 is 11.3 Å². The number of aliphatic hydroxyl groups is 1. The zero-order valence-corrected chi connectivity index (χ0v) is 34.3. The second-order valence-corrected chi connectivity index (χ2v) is 16.8. The first kappa shape index (κ1) is 43.3. The topological polar surface area (TPSA) is 189 Å². The molecule has 3 saturated heterocycles. The Balaban J connectivity index is 1.58. The van der Waals surface area contributed by atoms with Gasteiger partial charge in [-0.1, -0.05) is 38.8 Å². The second kappa shape index (κ2) is 17.0. The highest BCUT2D eigenvalue weighted by Crippen LogP contribution is 2.41. The number of cyclic esters (lactones) is 1. The molecule has 1 amide bonds. The molecule has 3 aliphatic rings. The summed E-state index contributed by atoms with van der Waals surface area (Å²) in [6.07, 6.45) is -4.32. The normalized spacial score (nSPS) is 38.5.